The molecule has 76 valence electrons. The SMILES string of the molecule is NC(=O)CCCNc1ncccc1F. The first-order chi connectivity index (χ1) is 6.70. The number of aromatic nitrogens is 1. The number of pyridine rings is 1. The fraction of sp³-hybridized carbons (Fsp3) is 0.333. The smallest absolute Gasteiger partial charge is 0.217 e. The fourth-order valence-corrected chi connectivity index (χ4v) is 0.985. The summed E-state index contributed by atoms with van der Waals surface area (Å²) in [6, 6.07) is 2.84. The molecule has 3 N–H and O–H groups in total. The third-order valence-corrected chi connectivity index (χ3v) is 1.65. The van der Waals surface area contributed by atoms with Gasteiger partial charge >= 0.3 is 0 Å². The maximum absolute atomic E-state index is 13.0. The van der Waals surface area contributed by atoms with Gasteiger partial charge in [0.15, 0.2) is 11.6 Å². The average Bonchev–Trinajstić information content (AvgIpc) is 2.15. The molecule has 4 nitrogen and oxygen atoms in total. The van der Waals surface area contributed by atoms with Gasteiger partial charge in [0.05, 0.1) is 0 Å². The van der Waals surface area contributed by atoms with Crippen molar-refractivity contribution in [1.82, 2.24) is 4.98 Å². The quantitative estimate of drug-likeness (QED) is 0.689. The van der Waals surface area contributed by atoms with Gasteiger partial charge in [-0.3, -0.25) is 4.79 Å². The average molecular weight is 197 g/mol. The van der Waals surface area contributed by atoms with E-state index >= 15 is 0 Å². The van der Waals surface area contributed by atoms with Gasteiger partial charge in [0.25, 0.3) is 0 Å². The number of halogens is 1. The number of nitrogens with two attached hydrogens (primary N) is 1. The number of hydrogen-bond acceptors (Lipinski definition) is 3. The molecular weight excluding hydrogens is 185 g/mol. The van der Waals surface area contributed by atoms with Crippen LogP contribution in [-0.4, -0.2) is 17.4 Å². The third kappa shape index (κ3) is 3.38. The van der Waals surface area contributed by atoms with Crippen LogP contribution in [0.2, 0.25) is 0 Å². The fourth-order valence-electron chi connectivity index (χ4n) is 0.985. The van der Waals surface area contributed by atoms with E-state index in [4.69, 9.17) is 5.73 Å². The minimum atomic E-state index is -0.397. The van der Waals surface area contributed by atoms with Crippen LogP contribution in [0.25, 0.3) is 0 Å². The molecule has 1 heterocycles. The molecule has 0 aliphatic carbocycles. The molecule has 0 aromatic carbocycles. The van der Waals surface area contributed by atoms with Crippen LogP contribution in [0.15, 0.2) is 18.3 Å². The van der Waals surface area contributed by atoms with Crippen molar-refractivity contribution in [2.24, 2.45) is 5.73 Å². The highest BCUT2D eigenvalue weighted by Gasteiger charge is 2.00. The molecule has 0 saturated heterocycles. The van der Waals surface area contributed by atoms with Crippen molar-refractivity contribution in [3.63, 3.8) is 0 Å². The molecular formula is C9H12FN3O. The maximum Gasteiger partial charge on any atom is 0.217 e. The van der Waals surface area contributed by atoms with Crippen molar-refractivity contribution in [3.8, 4) is 0 Å². The van der Waals surface area contributed by atoms with E-state index < -0.39 is 5.82 Å². The summed E-state index contributed by atoms with van der Waals surface area (Å²) in [5.74, 6) is -0.545. The maximum atomic E-state index is 13.0. The third-order valence-electron chi connectivity index (χ3n) is 1.65. The molecule has 0 saturated carbocycles. The standard InChI is InChI=1S/C9H12FN3O/c10-7-3-1-5-12-9(7)13-6-2-4-8(11)14/h1,3,5H,2,4,6H2,(H2,11,14)(H,12,13). The predicted molar refractivity (Wildman–Crippen MR) is 51.1 cm³/mol. The zero-order valence-corrected chi connectivity index (χ0v) is 7.66. The van der Waals surface area contributed by atoms with Gasteiger partial charge in [-0.1, -0.05) is 0 Å². The van der Waals surface area contributed by atoms with Crippen molar-refractivity contribution >= 4 is 11.7 Å². The molecule has 14 heavy (non-hydrogen) atoms. The van der Waals surface area contributed by atoms with E-state index in [0.717, 1.165) is 0 Å². The van der Waals surface area contributed by atoms with Crippen LogP contribution in [0.4, 0.5) is 10.2 Å². The predicted octanol–water partition coefficient (Wildman–Crippen LogP) is 0.898. The summed E-state index contributed by atoms with van der Waals surface area (Å²) >= 11 is 0. The second-order valence-corrected chi connectivity index (χ2v) is 2.83. The highest BCUT2D eigenvalue weighted by atomic mass is 19.1. The van der Waals surface area contributed by atoms with Crippen molar-refractivity contribution in [1.29, 1.82) is 0 Å². The van der Waals surface area contributed by atoms with Crippen LogP contribution in [0.5, 0.6) is 0 Å². The van der Waals surface area contributed by atoms with Crippen LogP contribution < -0.4 is 11.1 Å². The Morgan fingerprint density at radius 3 is 3.07 bits per heavy atom. The Morgan fingerprint density at radius 1 is 1.64 bits per heavy atom. The summed E-state index contributed by atoms with van der Waals surface area (Å²) < 4.78 is 13.0. The molecule has 0 bridgehead atoms. The number of carbonyl (C=O) groups excluding carboxylic acids is 1. The Morgan fingerprint density at radius 2 is 2.43 bits per heavy atom. The van der Waals surface area contributed by atoms with Crippen molar-refractivity contribution in [2.45, 2.75) is 12.8 Å². The zero-order valence-electron chi connectivity index (χ0n) is 7.66. The van der Waals surface area contributed by atoms with Gasteiger partial charge in [-0.25, -0.2) is 9.37 Å². The molecule has 0 aliphatic rings. The molecule has 1 aromatic heterocycles. The number of carbonyl (C=O) groups is 1. The normalized spacial score (nSPS) is 9.79. The van der Waals surface area contributed by atoms with Crippen LogP contribution in [0, 0.1) is 5.82 Å². The molecule has 1 aromatic rings. The minimum Gasteiger partial charge on any atom is -0.370 e. The highest BCUT2D eigenvalue weighted by Crippen LogP contribution is 2.07. The molecule has 0 spiro atoms. The van der Waals surface area contributed by atoms with Gasteiger partial charge in [0.1, 0.15) is 0 Å². The summed E-state index contributed by atoms with van der Waals surface area (Å²) in [7, 11) is 0. The monoisotopic (exact) mass is 197 g/mol. The van der Waals surface area contributed by atoms with Gasteiger partial charge < -0.3 is 11.1 Å². The number of anilines is 1. The topological polar surface area (TPSA) is 68.0 Å². The summed E-state index contributed by atoms with van der Waals surface area (Å²) in [6.45, 7) is 0.483. The Hall–Kier alpha value is -1.65. The van der Waals surface area contributed by atoms with E-state index in [1.165, 1.54) is 18.3 Å². The van der Waals surface area contributed by atoms with E-state index in [1.54, 1.807) is 0 Å². The highest BCUT2D eigenvalue weighted by molar-refractivity contribution is 5.73. The summed E-state index contributed by atoms with van der Waals surface area (Å²) in [5.41, 5.74) is 4.95. The zero-order chi connectivity index (χ0) is 10.4. The van der Waals surface area contributed by atoms with Crippen LogP contribution in [0.1, 0.15) is 12.8 Å². The summed E-state index contributed by atoms with van der Waals surface area (Å²) in [6.07, 6.45) is 2.37. The van der Waals surface area contributed by atoms with Gasteiger partial charge in [-0.15, -0.1) is 0 Å². The first kappa shape index (κ1) is 10.4. The van der Waals surface area contributed by atoms with Crippen molar-refractivity contribution < 1.29 is 9.18 Å². The van der Waals surface area contributed by atoms with Crippen molar-refractivity contribution in [2.75, 3.05) is 11.9 Å². The molecule has 0 fully saturated rings. The number of nitrogens with zero attached hydrogens (tertiary/aromatic N) is 1. The lowest BCUT2D eigenvalue weighted by Crippen LogP contribution is -2.13. The van der Waals surface area contributed by atoms with Crippen LogP contribution >= 0.6 is 0 Å². The van der Waals surface area contributed by atoms with Crippen LogP contribution in [0.3, 0.4) is 0 Å². The van der Waals surface area contributed by atoms with Gasteiger partial charge in [-0.05, 0) is 18.6 Å². The molecule has 0 aliphatic heterocycles. The molecule has 5 heteroatoms. The van der Waals surface area contributed by atoms with E-state index in [-0.39, 0.29) is 11.7 Å². The largest absolute Gasteiger partial charge is 0.370 e. The minimum absolute atomic E-state index is 0.206. The number of rotatable bonds is 5. The van der Waals surface area contributed by atoms with Gasteiger partial charge in [-0.2, -0.15) is 0 Å². The molecule has 0 atom stereocenters. The lowest BCUT2D eigenvalue weighted by atomic mass is 10.3. The molecule has 1 rings (SSSR count). The van der Waals surface area contributed by atoms with E-state index in [9.17, 15) is 9.18 Å². The van der Waals surface area contributed by atoms with E-state index in [2.05, 4.69) is 10.3 Å². The first-order valence-corrected chi connectivity index (χ1v) is 4.33. The number of nitrogens with one attached hydrogen (secondary N) is 1. The molecule has 0 radical (unpaired) electrons. The summed E-state index contributed by atoms with van der Waals surface area (Å²) in [4.78, 5) is 14.2. The van der Waals surface area contributed by atoms with Gasteiger partial charge in [0.2, 0.25) is 5.91 Å². The second kappa shape index (κ2) is 5.16. The first-order valence-electron chi connectivity index (χ1n) is 4.33. The Kier molecular flexibility index (Phi) is 3.84. The molecule has 1 amide bonds. The Balaban J connectivity index is 2.31. The van der Waals surface area contributed by atoms with E-state index in [0.29, 0.717) is 19.4 Å². The number of amides is 1. The Bertz CT molecular complexity index is 317. The van der Waals surface area contributed by atoms with Gasteiger partial charge in [0, 0.05) is 19.2 Å². The lowest BCUT2D eigenvalue weighted by molar-refractivity contribution is -0.118. The molecule has 0 unspecified atom stereocenters. The lowest BCUT2D eigenvalue weighted by Gasteiger charge is -2.04. The second-order valence-electron chi connectivity index (χ2n) is 2.83. The van der Waals surface area contributed by atoms with Crippen LogP contribution in [-0.2, 0) is 4.79 Å². The summed E-state index contributed by atoms with van der Waals surface area (Å²) in [5, 5.41) is 2.77. The van der Waals surface area contributed by atoms with Crippen molar-refractivity contribution in [3.05, 3.63) is 24.1 Å². The number of hydrogen-bond donors (Lipinski definition) is 2. The Labute approximate surface area is 81.3 Å². The number of primary amides is 1. The van der Waals surface area contributed by atoms with E-state index in [1.807, 2.05) is 0 Å².